The van der Waals surface area contributed by atoms with Crippen LogP contribution >= 0.6 is 15.0 Å². The van der Waals surface area contributed by atoms with Crippen molar-refractivity contribution in [3.63, 3.8) is 0 Å². The lowest BCUT2D eigenvalue weighted by atomic mass is 10.3. The van der Waals surface area contributed by atoms with Gasteiger partial charge in [-0.15, -0.1) is 0 Å². The molecule has 1 unspecified atom stereocenters. The van der Waals surface area contributed by atoms with E-state index in [0.717, 1.165) is 12.8 Å². The molecule has 1 aliphatic rings. The summed E-state index contributed by atoms with van der Waals surface area (Å²) in [5.41, 5.74) is 0. The Morgan fingerprint density at radius 2 is 1.88 bits per heavy atom. The Labute approximate surface area is 149 Å². The highest BCUT2D eigenvalue weighted by atomic mass is 31.2. The lowest BCUT2D eigenvalue weighted by Gasteiger charge is -2.23. The molecular weight excluding hydrogens is 370 g/mol. The fraction of sp³-hybridized carbons (Fsp3) is 0.933. The van der Waals surface area contributed by atoms with Crippen molar-refractivity contribution < 1.29 is 37.0 Å². The molecule has 8 nitrogen and oxygen atoms in total. The van der Waals surface area contributed by atoms with Crippen molar-refractivity contribution in [3.05, 3.63) is 0 Å². The van der Waals surface area contributed by atoms with Gasteiger partial charge in [0, 0.05) is 20.0 Å². The van der Waals surface area contributed by atoms with Crippen LogP contribution in [0.1, 0.15) is 47.0 Å². The normalized spacial score (nSPS) is 26.7. The number of hydrogen-bond donors (Lipinski definition) is 0. The van der Waals surface area contributed by atoms with Gasteiger partial charge in [-0.1, -0.05) is 13.3 Å². The summed E-state index contributed by atoms with van der Waals surface area (Å²) in [5.74, 6) is -1.94. The molecule has 1 aliphatic heterocycles. The number of carbonyl (C=O) groups excluding carboxylic acids is 1. The lowest BCUT2D eigenvalue weighted by Crippen LogP contribution is -2.18. The van der Waals surface area contributed by atoms with E-state index in [-0.39, 0.29) is 26.2 Å². The average molecular weight is 400 g/mol. The summed E-state index contributed by atoms with van der Waals surface area (Å²) < 4.78 is 52.8. The fourth-order valence-electron chi connectivity index (χ4n) is 2.51. The Balaban J connectivity index is 2.83. The molecule has 0 amide bonds. The van der Waals surface area contributed by atoms with E-state index in [4.69, 9.17) is 23.0 Å². The predicted molar refractivity (Wildman–Crippen MR) is 94.1 cm³/mol. The van der Waals surface area contributed by atoms with E-state index in [9.17, 15) is 13.9 Å². The van der Waals surface area contributed by atoms with Crippen LogP contribution in [0, 0.1) is 0 Å². The van der Waals surface area contributed by atoms with Crippen molar-refractivity contribution in [2.24, 2.45) is 0 Å². The zero-order valence-corrected chi connectivity index (χ0v) is 17.3. The minimum Gasteiger partial charge on any atom is -0.452 e. The molecule has 0 bridgehead atoms. The Hall–Kier alpha value is -0.230. The van der Waals surface area contributed by atoms with Crippen LogP contribution in [0.2, 0.25) is 0 Å². The minimum atomic E-state index is -3.60. The van der Waals surface area contributed by atoms with Gasteiger partial charge in [-0.3, -0.25) is 13.9 Å². The van der Waals surface area contributed by atoms with Gasteiger partial charge in [0.1, 0.15) is 5.90 Å². The Bertz CT molecular complexity index is 500. The summed E-state index contributed by atoms with van der Waals surface area (Å²) in [7, 11) is -7.16. The minimum absolute atomic E-state index is 0.152. The SMILES string of the molecule is CCCCOC[C@@H]1C[C@H](OC(C)=O)P(=O)(CP(=O)(OCC)OCC)O1. The van der Waals surface area contributed by atoms with Gasteiger partial charge in [-0.05, 0) is 20.3 Å². The van der Waals surface area contributed by atoms with Crippen molar-refractivity contribution in [1.29, 1.82) is 0 Å². The Morgan fingerprint density at radius 3 is 2.40 bits per heavy atom. The molecule has 1 heterocycles. The van der Waals surface area contributed by atoms with E-state index in [1.807, 2.05) is 0 Å². The second-order valence-electron chi connectivity index (χ2n) is 5.77. The van der Waals surface area contributed by atoms with E-state index >= 15 is 0 Å². The van der Waals surface area contributed by atoms with Crippen LogP contribution in [0.4, 0.5) is 0 Å². The van der Waals surface area contributed by atoms with Gasteiger partial charge in [0.2, 0.25) is 0 Å². The van der Waals surface area contributed by atoms with E-state index in [2.05, 4.69) is 6.92 Å². The number of hydrogen-bond acceptors (Lipinski definition) is 8. The van der Waals surface area contributed by atoms with E-state index in [0.29, 0.717) is 6.61 Å². The summed E-state index contributed by atoms with van der Waals surface area (Å²) in [6.07, 6.45) is 1.68. The van der Waals surface area contributed by atoms with E-state index < -0.39 is 38.8 Å². The number of ether oxygens (including phenoxy) is 2. The zero-order chi connectivity index (χ0) is 18.9. The summed E-state index contributed by atoms with van der Waals surface area (Å²) in [6, 6.07) is 0. The van der Waals surface area contributed by atoms with Crippen LogP contribution in [0.15, 0.2) is 0 Å². The van der Waals surface area contributed by atoms with Crippen LogP contribution in [0.25, 0.3) is 0 Å². The van der Waals surface area contributed by atoms with Crippen molar-refractivity contribution in [3.8, 4) is 0 Å². The first kappa shape index (κ1) is 22.8. The van der Waals surface area contributed by atoms with Crippen molar-refractivity contribution in [1.82, 2.24) is 0 Å². The first-order valence-corrected chi connectivity index (χ1v) is 12.3. The van der Waals surface area contributed by atoms with Crippen LogP contribution in [0.5, 0.6) is 0 Å². The predicted octanol–water partition coefficient (Wildman–Crippen LogP) is 3.98. The third-order valence-corrected chi connectivity index (χ3v) is 9.62. The van der Waals surface area contributed by atoms with E-state index in [1.165, 1.54) is 6.92 Å². The maximum Gasteiger partial charge on any atom is 0.340 e. The molecule has 0 aromatic rings. The van der Waals surface area contributed by atoms with Crippen molar-refractivity contribution >= 4 is 20.9 Å². The summed E-state index contributed by atoms with van der Waals surface area (Å²) in [5, 5.41) is 0. The number of carbonyl (C=O) groups is 1. The quantitative estimate of drug-likeness (QED) is 0.276. The highest BCUT2D eigenvalue weighted by Crippen LogP contribution is 2.69. The van der Waals surface area contributed by atoms with Crippen molar-refractivity contribution in [2.45, 2.75) is 58.9 Å². The standard InChI is InChI=1S/C15H30O8P2/c1-5-8-9-19-11-14-10-15(22-13(4)16)24(17,23-14)12-25(18,20-6-2)21-7-3/h14-15H,5-12H2,1-4H3/t14-,15+,24?/m0/s1. The van der Waals surface area contributed by atoms with Gasteiger partial charge in [-0.2, -0.15) is 0 Å². The molecule has 0 N–H and O–H groups in total. The van der Waals surface area contributed by atoms with Crippen molar-refractivity contribution in [2.75, 3.05) is 32.3 Å². The average Bonchev–Trinajstić information content (AvgIpc) is 2.78. The molecule has 1 fully saturated rings. The highest BCUT2D eigenvalue weighted by molar-refractivity contribution is 7.74. The van der Waals surface area contributed by atoms with Gasteiger partial charge < -0.3 is 23.0 Å². The van der Waals surface area contributed by atoms with Gasteiger partial charge in [0.15, 0.2) is 5.85 Å². The van der Waals surface area contributed by atoms with Gasteiger partial charge in [0.05, 0.1) is 25.9 Å². The molecule has 0 spiro atoms. The van der Waals surface area contributed by atoms with Crippen LogP contribution < -0.4 is 0 Å². The molecular formula is C15H30O8P2. The molecule has 3 atom stereocenters. The second kappa shape index (κ2) is 10.8. The molecule has 0 aromatic heterocycles. The first-order chi connectivity index (χ1) is 11.8. The molecule has 10 heteroatoms. The van der Waals surface area contributed by atoms with E-state index in [1.54, 1.807) is 13.8 Å². The zero-order valence-electron chi connectivity index (χ0n) is 15.5. The summed E-state index contributed by atoms with van der Waals surface area (Å²) in [6.45, 7) is 7.76. The number of esters is 1. The van der Waals surface area contributed by atoms with Gasteiger partial charge in [0.25, 0.3) is 7.37 Å². The summed E-state index contributed by atoms with van der Waals surface area (Å²) >= 11 is 0. The van der Waals surface area contributed by atoms with Crippen LogP contribution in [0.3, 0.4) is 0 Å². The fourth-order valence-corrected chi connectivity index (χ4v) is 8.60. The van der Waals surface area contributed by atoms with Crippen LogP contribution in [-0.4, -0.2) is 50.2 Å². The second-order valence-corrected chi connectivity index (χ2v) is 10.9. The largest absolute Gasteiger partial charge is 0.452 e. The number of unbranched alkanes of at least 4 members (excludes halogenated alkanes) is 1. The molecule has 25 heavy (non-hydrogen) atoms. The third-order valence-electron chi connectivity index (χ3n) is 3.50. The van der Waals surface area contributed by atoms with Crippen LogP contribution in [-0.2, 0) is 37.0 Å². The molecule has 148 valence electrons. The topological polar surface area (TPSA) is 97.4 Å². The molecule has 0 aliphatic carbocycles. The Morgan fingerprint density at radius 1 is 1.24 bits per heavy atom. The monoisotopic (exact) mass is 400 g/mol. The lowest BCUT2D eigenvalue weighted by molar-refractivity contribution is -0.142. The molecule has 0 radical (unpaired) electrons. The number of rotatable bonds is 12. The molecule has 1 rings (SSSR count). The molecule has 0 saturated carbocycles. The highest BCUT2D eigenvalue weighted by Gasteiger charge is 2.51. The Kier molecular flexibility index (Phi) is 9.86. The molecule has 1 saturated heterocycles. The van der Waals surface area contributed by atoms with Gasteiger partial charge in [-0.25, -0.2) is 0 Å². The third kappa shape index (κ3) is 7.49. The first-order valence-electron chi connectivity index (χ1n) is 8.68. The summed E-state index contributed by atoms with van der Waals surface area (Å²) in [4.78, 5) is 11.3. The van der Waals surface area contributed by atoms with Gasteiger partial charge >= 0.3 is 13.6 Å². The smallest absolute Gasteiger partial charge is 0.340 e. The molecule has 0 aromatic carbocycles. The maximum atomic E-state index is 13.3. The maximum absolute atomic E-state index is 13.3.